The molecule has 1 aliphatic rings. The van der Waals surface area contributed by atoms with E-state index in [9.17, 15) is 13.2 Å². The van der Waals surface area contributed by atoms with Gasteiger partial charge in [0, 0.05) is 5.54 Å². The molecule has 0 aliphatic heterocycles. The van der Waals surface area contributed by atoms with Gasteiger partial charge in [-0.1, -0.05) is 26.7 Å². The van der Waals surface area contributed by atoms with E-state index in [4.69, 9.17) is 5.73 Å². The molecule has 1 aliphatic carbocycles. The topological polar surface area (TPSA) is 26.0 Å². The van der Waals surface area contributed by atoms with Gasteiger partial charge in [-0.15, -0.1) is 0 Å². The summed E-state index contributed by atoms with van der Waals surface area (Å²) in [5, 5.41) is 0. The lowest BCUT2D eigenvalue weighted by Gasteiger charge is -2.42. The number of rotatable bonds is 3. The van der Waals surface area contributed by atoms with Gasteiger partial charge in [-0.05, 0) is 31.6 Å². The van der Waals surface area contributed by atoms with E-state index < -0.39 is 12.1 Å². The van der Waals surface area contributed by atoms with Crippen LogP contribution >= 0.6 is 0 Å². The number of hydrogen-bond acceptors (Lipinski definition) is 1. The fourth-order valence-electron chi connectivity index (χ4n) is 2.99. The van der Waals surface area contributed by atoms with Crippen LogP contribution in [0.2, 0.25) is 0 Å². The molecule has 1 nitrogen and oxygen atoms in total. The predicted molar refractivity (Wildman–Crippen MR) is 59.0 cm³/mol. The summed E-state index contributed by atoms with van der Waals surface area (Å²) in [6.45, 7) is 4.14. The van der Waals surface area contributed by atoms with E-state index in [1.807, 2.05) is 0 Å². The molecule has 1 saturated carbocycles. The smallest absolute Gasteiger partial charge is 0.325 e. The van der Waals surface area contributed by atoms with Gasteiger partial charge in [-0.3, -0.25) is 0 Å². The largest absolute Gasteiger partial charge is 0.391 e. The lowest BCUT2D eigenvalue weighted by Crippen LogP contribution is -2.50. The van der Waals surface area contributed by atoms with E-state index in [2.05, 4.69) is 13.8 Å². The Labute approximate surface area is 95.6 Å². The minimum atomic E-state index is -4.03. The zero-order valence-corrected chi connectivity index (χ0v) is 10.1. The molecule has 0 radical (unpaired) electrons. The van der Waals surface area contributed by atoms with E-state index in [1.54, 1.807) is 0 Å². The summed E-state index contributed by atoms with van der Waals surface area (Å²) in [7, 11) is 0. The van der Waals surface area contributed by atoms with E-state index in [0.717, 1.165) is 12.8 Å². The molecule has 1 rings (SSSR count). The first-order valence-electron chi connectivity index (χ1n) is 6.19. The highest BCUT2D eigenvalue weighted by atomic mass is 19.4. The van der Waals surface area contributed by atoms with Crippen molar-refractivity contribution < 1.29 is 13.2 Å². The lowest BCUT2D eigenvalue weighted by atomic mass is 9.68. The van der Waals surface area contributed by atoms with Crippen molar-refractivity contribution in [3.8, 4) is 0 Å². The maximum atomic E-state index is 12.5. The van der Waals surface area contributed by atoms with Crippen LogP contribution in [0.1, 0.15) is 52.4 Å². The van der Waals surface area contributed by atoms with Crippen LogP contribution in [-0.4, -0.2) is 11.7 Å². The van der Waals surface area contributed by atoms with Gasteiger partial charge in [0.25, 0.3) is 0 Å². The monoisotopic (exact) mass is 237 g/mol. The van der Waals surface area contributed by atoms with Crippen molar-refractivity contribution in [2.24, 2.45) is 17.6 Å². The highest BCUT2D eigenvalue weighted by Gasteiger charge is 2.46. The molecular formula is C12H22F3N. The summed E-state index contributed by atoms with van der Waals surface area (Å²) in [5.41, 5.74) is 5.91. The molecule has 0 aromatic heterocycles. The van der Waals surface area contributed by atoms with E-state index in [0.29, 0.717) is 18.8 Å². The standard InChI is InChI=1S/C12H22F3N/c1-3-9(4-2)11(16)7-5-10(6-8-11)12(13,14)15/h9-10H,3-8,16H2,1-2H3. The molecular weight excluding hydrogens is 215 g/mol. The maximum Gasteiger partial charge on any atom is 0.391 e. The van der Waals surface area contributed by atoms with Crippen molar-refractivity contribution in [1.29, 1.82) is 0 Å². The van der Waals surface area contributed by atoms with Crippen LogP contribution in [0.5, 0.6) is 0 Å². The van der Waals surface area contributed by atoms with Gasteiger partial charge in [-0.2, -0.15) is 13.2 Å². The third-order valence-electron chi connectivity index (χ3n) is 4.18. The van der Waals surface area contributed by atoms with Crippen LogP contribution in [0.3, 0.4) is 0 Å². The predicted octanol–water partition coefficient (Wildman–Crippen LogP) is 3.87. The SMILES string of the molecule is CCC(CC)C1(N)CCC(C(F)(F)F)CC1. The average Bonchev–Trinajstić information content (AvgIpc) is 2.18. The van der Waals surface area contributed by atoms with Gasteiger partial charge in [-0.25, -0.2) is 0 Å². The van der Waals surface area contributed by atoms with Crippen molar-refractivity contribution in [3.05, 3.63) is 0 Å². The molecule has 0 aromatic rings. The highest BCUT2D eigenvalue weighted by molar-refractivity contribution is 4.95. The maximum absolute atomic E-state index is 12.5. The molecule has 1 fully saturated rings. The molecule has 96 valence electrons. The molecule has 0 saturated heterocycles. The summed E-state index contributed by atoms with van der Waals surface area (Å²) >= 11 is 0. The Morgan fingerprint density at radius 3 is 1.94 bits per heavy atom. The Kier molecular flexibility index (Phi) is 4.27. The molecule has 2 N–H and O–H groups in total. The molecule has 0 spiro atoms. The Morgan fingerprint density at radius 2 is 1.62 bits per heavy atom. The lowest BCUT2D eigenvalue weighted by molar-refractivity contribution is -0.185. The molecule has 0 unspecified atom stereocenters. The van der Waals surface area contributed by atoms with E-state index in [1.165, 1.54) is 0 Å². The number of halogens is 3. The van der Waals surface area contributed by atoms with Gasteiger partial charge in [0.1, 0.15) is 0 Å². The first-order valence-corrected chi connectivity index (χ1v) is 6.19. The van der Waals surface area contributed by atoms with E-state index >= 15 is 0 Å². The Bertz CT molecular complexity index is 213. The van der Waals surface area contributed by atoms with Crippen LogP contribution in [-0.2, 0) is 0 Å². The molecule has 0 heterocycles. The third-order valence-corrected chi connectivity index (χ3v) is 4.18. The molecule has 16 heavy (non-hydrogen) atoms. The number of hydrogen-bond donors (Lipinski definition) is 1. The minimum absolute atomic E-state index is 0.205. The summed E-state index contributed by atoms with van der Waals surface area (Å²) < 4.78 is 37.6. The van der Waals surface area contributed by atoms with Crippen molar-refractivity contribution in [1.82, 2.24) is 0 Å². The van der Waals surface area contributed by atoms with Crippen LogP contribution in [0.15, 0.2) is 0 Å². The number of nitrogens with two attached hydrogens (primary N) is 1. The first-order chi connectivity index (χ1) is 7.33. The molecule has 4 heteroatoms. The normalized spacial score (nSPS) is 32.1. The Morgan fingerprint density at radius 1 is 1.19 bits per heavy atom. The van der Waals surface area contributed by atoms with E-state index in [-0.39, 0.29) is 18.4 Å². The van der Waals surface area contributed by atoms with Gasteiger partial charge in [0.15, 0.2) is 0 Å². The second-order valence-electron chi connectivity index (χ2n) is 5.06. The van der Waals surface area contributed by atoms with Crippen LogP contribution < -0.4 is 5.73 Å². The minimum Gasteiger partial charge on any atom is -0.325 e. The Balaban J connectivity index is 2.59. The third kappa shape index (κ3) is 2.90. The molecule has 0 amide bonds. The molecule has 0 bridgehead atoms. The average molecular weight is 237 g/mol. The molecule has 0 aromatic carbocycles. The summed E-state index contributed by atoms with van der Waals surface area (Å²) in [4.78, 5) is 0. The summed E-state index contributed by atoms with van der Waals surface area (Å²) in [5.74, 6) is -0.764. The quantitative estimate of drug-likeness (QED) is 0.792. The zero-order valence-electron chi connectivity index (χ0n) is 10.1. The van der Waals surface area contributed by atoms with Gasteiger partial charge in [0.05, 0.1) is 5.92 Å². The molecule has 0 atom stereocenters. The van der Waals surface area contributed by atoms with Gasteiger partial charge in [0.2, 0.25) is 0 Å². The van der Waals surface area contributed by atoms with Crippen LogP contribution in [0.4, 0.5) is 13.2 Å². The van der Waals surface area contributed by atoms with Crippen molar-refractivity contribution >= 4 is 0 Å². The second kappa shape index (κ2) is 4.94. The Hall–Kier alpha value is -0.250. The first kappa shape index (κ1) is 13.8. The summed E-state index contributed by atoms with van der Waals surface area (Å²) in [6.07, 6.45) is -0.664. The second-order valence-corrected chi connectivity index (χ2v) is 5.06. The van der Waals surface area contributed by atoms with Gasteiger partial charge >= 0.3 is 6.18 Å². The zero-order chi connectivity index (χ0) is 12.4. The van der Waals surface area contributed by atoms with Crippen LogP contribution in [0.25, 0.3) is 0 Å². The van der Waals surface area contributed by atoms with Crippen molar-refractivity contribution in [2.45, 2.75) is 64.1 Å². The fourth-order valence-corrected chi connectivity index (χ4v) is 2.99. The van der Waals surface area contributed by atoms with Crippen molar-refractivity contribution in [2.75, 3.05) is 0 Å². The highest BCUT2D eigenvalue weighted by Crippen LogP contribution is 2.43. The van der Waals surface area contributed by atoms with Gasteiger partial charge < -0.3 is 5.73 Å². The van der Waals surface area contributed by atoms with Crippen molar-refractivity contribution in [3.63, 3.8) is 0 Å². The fraction of sp³-hybridized carbons (Fsp3) is 1.00. The summed E-state index contributed by atoms with van der Waals surface area (Å²) in [6, 6.07) is 0. The van der Waals surface area contributed by atoms with Crippen LogP contribution in [0, 0.1) is 11.8 Å². The number of alkyl halides is 3.